The van der Waals surface area contributed by atoms with Crippen LogP contribution in [0.25, 0.3) is 0 Å². The lowest BCUT2D eigenvalue weighted by Gasteiger charge is -2.35. The summed E-state index contributed by atoms with van der Waals surface area (Å²) in [6, 6.07) is 11.1. The lowest BCUT2D eigenvalue weighted by atomic mass is 10.0. The van der Waals surface area contributed by atoms with E-state index < -0.39 is 0 Å². The Labute approximate surface area is 204 Å². The van der Waals surface area contributed by atoms with Gasteiger partial charge in [0.2, 0.25) is 5.91 Å². The molecule has 0 bridgehead atoms. The Kier molecular flexibility index (Phi) is 10.5. The van der Waals surface area contributed by atoms with E-state index in [1.54, 1.807) is 42.5 Å². The molecular formula is C22H31FIN5OS. The zero-order chi connectivity index (χ0) is 21.3. The average Bonchev–Trinajstić information content (AvgIpc) is 3.25. The molecule has 1 aromatic heterocycles. The first-order valence-corrected chi connectivity index (χ1v) is 11.2. The van der Waals surface area contributed by atoms with Crippen molar-refractivity contribution in [1.29, 1.82) is 0 Å². The number of amides is 1. The van der Waals surface area contributed by atoms with Crippen LogP contribution in [0.2, 0.25) is 0 Å². The summed E-state index contributed by atoms with van der Waals surface area (Å²) in [7, 11) is 3.46. The maximum absolute atomic E-state index is 13.6. The van der Waals surface area contributed by atoms with Crippen molar-refractivity contribution in [2.45, 2.75) is 25.3 Å². The van der Waals surface area contributed by atoms with Crippen molar-refractivity contribution >= 4 is 52.9 Å². The number of nitrogens with one attached hydrogen (secondary N) is 2. The van der Waals surface area contributed by atoms with E-state index >= 15 is 0 Å². The van der Waals surface area contributed by atoms with Gasteiger partial charge in [-0.3, -0.25) is 4.79 Å². The normalized spacial score (nSPS) is 16.4. The lowest BCUT2D eigenvalue weighted by molar-refractivity contribution is -0.127. The predicted octanol–water partition coefficient (Wildman–Crippen LogP) is 3.34. The Hall–Kier alpha value is -1.88. The highest BCUT2D eigenvalue weighted by Gasteiger charge is 2.21. The summed E-state index contributed by atoms with van der Waals surface area (Å²) in [5, 5.41) is 8.91. The first-order valence-electron chi connectivity index (χ1n) is 10.3. The zero-order valence-corrected chi connectivity index (χ0v) is 21.2. The molecule has 1 unspecified atom stereocenters. The van der Waals surface area contributed by atoms with Crippen LogP contribution in [0.15, 0.2) is 46.8 Å². The van der Waals surface area contributed by atoms with E-state index in [-0.39, 0.29) is 48.3 Å². The number of carbonyl (C=O) groups excluding carboxylic acids is 1. The number of aliphatic imine (C=N–C) groups is 1. The Morgan fingerprint density at radius 1 is 1.32 bits per heavy atom. The van der Waals surface area contributed by atoms with Gasteiger partial charge < -0.3 is 20.4 Å². The number of halogens is 2. The summed E-state index contributed by atoms with van der Waals surface area (Å²) >= 11 is 1.73. The summed E-state index contributed by atoms with van der Waals surface area (Å²) in [4.78, 5) is 21.5. The number of hydrogen-bond donors (Lipinski definition) is 2. The van der Waals surface area contributed by atoms with Gasteiger partial charge in [0.15, 0.2) is 5.96 Å². The number of benzene rings is 1. The molecule has 0 saturated carbocycles. The average molecular weight is 559 g/mol. The van der Waals surface area contributed by atoms with Gasteiger partial charge in [-0.25, -0.2) is 9.38 Å². The summed E-state index contributed by atoms with van der Waals surface area (Å²) in [6.45, 7) is 2.50. The molecule has 2 aromatic rings. The highest BCUT2D eigenvalue weighted by atomic mass is 127. The van der Waals surface area contributed by atoms with Crippen LogP contribution in [0.3, 0.4) is 0 Å². The van der Waals surface area contributed by atoms with E-state index in [2.05, 4.69) is 32.0 Å². The van der Waals surface area contributed by atoms with Crippen LogP contribution >= 0.6 is 35.3 Å². The van der Waals surface area contributed by atoms with Gasteiger partial charge in [-0.15, -0.1) is 35.3 Å². The van der Waals surface area contributed by atoms with Gasteiger partial charge in [0, 0.05) is 50.3 Å². The van der Waals surface area contributed by atoms with Crippen molar-refractivity contribution in [2.24, 2.45) is 4.99 Å². The number of piperidine rings is 1. The van der Waals surface area contributed by atoms with Crippen LogP contribution in [-0.2, 0) is 11.2 Å². The molecule has 1 saturated heterocycles. The van der Waals surface area contributed by atoms with Crippen LogP contribution in [0.4, 0.5) is 10.1 Å². The molecule has 6 nitrogen and oxygen atoms in total. The van der Waals surface area contributed by atoms with Gasteiger partial charge in [0.25, 0.3) is 0 Å². The number of rotatable bonds is 7. The molecule has 0 spiro atoms. The highest BCUT2D eigenvalue weighted by molar-refractivity contribution is 14.0. The van der Waals surface area contributed by atoms with Crippen molar-refractivity contribution in [3.63, 3.8) is 0 Å². The summed E-state index contributed by atoms with van der Waals surface area (Å²) in [6.07, 6.45) is 2.91. The molecule has 1 atom stereocenters. The first-order chi connectivity index (χ1) is 14.5. The fraction of sp³-hybridized carbons (Fsp3) is 0.455. The molecule has 1 aliphatic rings. The van der Waals surface area contributed by atoms with Crippen molar-refractivity contribution in [2.75, 3.05) is 45.2 Å². The second-order valence-electron chi connectivity index (χ2n) is 7.62. The number of anilines is 1. The smallest absolute Gasteiger partial charge is 0.243 e. The Morgan fingerprint density at radius 2 is 2.16 bits per heavy atom. The molecule has 9 heteroatoms. The van der Waals surface area contributed by atoms with Gasteiger partial charge >= 0.3 is 0 Å². The minimum atomic E-state index is -0.220. The third-order valence-electron chi connectivity index (χ3n) is 5.05. The summed E-state index contributed by atoms with van der Waals surface area (Å²) in [5.74, 6) is 0.384. The third-order valence-corrected chi connectivity index (χ3v) is 5.99. The van der Waals surface area contributed by atoms with E-state index in [0.29, 0.717) is 5.96 Å². The molecule has 31 heavy (non-hydrogen) atoms. The molecule has 1 amide bonds. The van der Waals surface area contributed by atoms with E-state index in [1.165, 1.54) is 10.9 Å². The maximum Gasteiger partial charge on any atom is 0.243 e. The van der Waals surface area contributed by atoms with Crippen molar-refractivity contribution in [3.8, 4) is 0 Å². The quantitative estimate of drug-likeness (QED) is 0.311. The first kappa shape index (κ1) is 25.4. The lowest BCUT2D eigenvalue weighted by Crippen LogP contribution is -2.51. The van der Waals surface area contributed by atoms with Gasteiger partial charge in [-0.2, -0.15) is 0 Å². The number of nitrogens with zero attached hydrogens (tertiary/aromatic N) is 3. The SMILES string of the molecule is CN(C)C(=O)CN=C(NCCc1cccs1)NC1CCCN(c2cccc(F)c2)C1.I. The number of hydrogen-bond acceptors (Lipinski definition) is 4. The van der Waals surface area contributed by atoms with Crippen molar-refractivity contribution in [3.05, 3.63) is 52.5 Å². The predicted molar refractivity (Wildman–Crippen MR) is 137 cm³/mol. The maximum atomic E-state index is 13.6. The van der Waals surface area contributed by atoms with E-state index in [0.717, 1.165) is 44.6 Å². The minimum absolute atomic E-state index is 0. The number of thiophene rings is 1. The number of carbonyl (C=O) groups is 1. The van der Waals surface area contributed by atoms with Crippen LogP contribution in [0.1, 0.15) is 17.7 Å². The van der Waals surface area contributed by atoms with Crippen LogP contribution < -0.4 is 15.5 Å². The third kappa shape index (κ3) is 8.29. The van der Waals surface area contributed by atoms with E-state index in [4.69, 9.17) is 0 Å². The van der Waals surface area contributed by atoms with Gasteiger partial charge in [-0.05, 0) is 48.9 Å². The van der Waals surface area contributed by atoms with Crippen LogP contribution in [0.5, 0.6) is 0 Å². The zero-order valence-electron chi connectivity index (χ0n) is 18.0. The van der Waals surface area contributed by atoms with Crippen molar-refractivity contribution < 1.29 is 9.18 Å². The molecule has 0 radical (unpaired) electrons. The van der Waals surface area contributed by atoms with Gasteiger partial charge in [0.05, 0.1) is 0 Å². The second kappa shape index (κ2) is 12.8. The molecule has 3 rings (SSSR count). The van der Waals surface area contributed by atoms with Crippen molar-refractivity contribution in [1.82, 2.24) is 15.5 Å². The fourth-order valence-electron chi connectivity index (χ4n) is 3.40. The Balaban J connectivity index is 0.00000341. The highest BCUT2D eigenvalue weighted by Crippen LogP contribution is 2.20. The molecule has 170 valence electrons. The van der Waals surface area contributed by atoms with E-state index in [9.17, 15) is 9.18 Å². The second-order valence-corrected chi connectivity index (χ2v) is 8.65. The molecule has 2 heterocycles. The molecule has 1 aliphatic heterocycles. The fourth-order valence-corrected chi connectivity index (χ4v) is 4.10. The molecule has 1 fully saturated rings. The Morgan fingerprint density at radius 3 is 2.87 bits per heavy atom. The monoisotopic (exact) mass is 559 g/mol. The standard InChI is InChI=1S/C22H30FN5OS.HI/c1-27(2)21(29)15-25-22(24-11-10-20-9-5-13-30-20)26-18-7-4-12-28(16-18)19-8-3-6-17(23)14-19;/h3,5-6,8-9,13-14,18H,4,7,10-12,15-16H2,1-2H3,(H2,24,25,26);1H. The largest absolute Gasteiger partial charge is 0.369 e. The van der Waals surface area contributed by atoms with E-state index in [1.807, 2.05) is 12.1 Å². The van der Waals surface area contributed by atoms with Crippen LogP contribution in [0, 0.1) is 5.82 Å². The molecule has 2 N–H and O–H groups in total. The number of guanidine groups is 1. The summed E-state index contributed by atoms with van der Waals surface area (Å²) in [5.41, 5.74) is 0.897. The minimum Gasteiger partial charge on any atom is -0.369 e. The molecule has 1 aromatic carbocycles. The molecular weight excluding hydrogens is 528 g/mol. The van der Waals surface area contributed by atoms with Crippen LogP contribution in [-0.4, -0.2) is 63.1 Å². The molecule has 0 aliphatic carbocycles. The number of likely N-dealkylation sites (N-methyl/N-ethyl adjacent to an activating group) is 1. The van der Waals surface area contributed by atoms with Gasteiger partial charge in [-0.1, -0.05) is 12.1 Å². The summed E-state index contributed by atoms with van der Waals surface area (Å²) < 4.78 is 13.6. The topological polar surface area (TPSA) is 60.0 Å². The Bertz CT molecular complexity index is 846. The van der Waals surface area contributed by atoms with Gasteiger partial charge in [0.1, 0.15) is 12.4 Å².